The number of hydrogen-bond acceptors (Lipinski definition) is 3. The number of rotatable bonds is 1. The first-order valence-electron chi connectivity index (χ1n) is 4.54. The van der Waals surface area contributed by atoms with Crippen LogP contribution in [0.25, 0.3) is 0 Å². The second-order valence-corrected chi connectivity index (χ2v) is 3.39. The fraction of sp³-hybridized carbons (Fsp3) is 1.00. The Bertz CT molecular complexity index is 150. The zero-order valence-corrected chi connectivity index (χ0v) is 7.13. The first-order chi connectivity index (χ1) is 5.88. The zero-order chi connectivity index (χ0) is 8.39. The summed E-state index contributed by atoms with van der Waals surface area (Å²) in [6, 6.07) is 0.0916. The Balaban J connectivity index is 1.89. The highest BCUT2D eigenvalue weighted by Gasteiger charge is 2.32. The molecule has 0 radical (unpaired) electrons. The lowest BCUT2D eigenvalue weighted by Gasteiger charge is -2.32. The number of nitrogens with one attached hydrogen (secondary N) is 1. The summed E-state index contributed by atoms with van der Waals surface area (Å²) < 4.78 is 18.4. The van der Waals surface area contributed by atoms with Gasteiger partial charge in [0.05, 0.1) is 19.3 Å². The van der Waals surface area contributed by atoms with Crippen molar-refractivity contribution in [1.29, 1.82) is 0 Å². The highest BCUT2D eigenvalue weighted by atomic mass is 19.1. The maximum absolute atomic E-state index is 13.2. The quantitative estimate of drug-likeness (QED) is 0.587. The molecule has 2 atom stereocenters. The average molecular weight is 174 g/mol. The number of halogens is 1. The molecule has 70 valence electrons. The predicted molar refractivity (Wildman–Crippen MR) is 43.9 cm³/mol. The number of hydrogen-bond donors (Lipinski definition) is 1. The van der Waals surface area contributed by atoms with E-state index in [-0.39, 0.29) is 6.04 Å². The minimum Gasteiger partial charge on any atom is -0.379 e. The normalized spacial score (nSPS) is 38.8. The van der Waals surface area contributed by atoms with Gasteiger partial charge in [-0.25, -0.2) is 4.39 Å². The third-order valence-corrected chi connectivity index (χ3v) is 2.63. The van der Waals surface area contributed by atoms with Crippen LogP contribution in [0.15, 0.2) is 0 Å². The Morgan fingerprint density at radius 3 is 2.58 bits per heavy atom. The average Bonchev–Trinajstić information content (AvgIpc) is 2.53. The molecule has 2 saturated heterocycles. The van der Waals surface area contributed by atoms with E-state index in [0.717, 1.165) is 32.8 Å². The van der Waals surface area contributed by atoms with Gasteiger partial charge in [-0.15, -0.1) is 0 Å². The molecule has 0 bridgehead atoms. The summed E-state index contributed by atoms with van der Waals surface area (Å²) in [4.78, 5) is 2.19. The molecule has 12 heavy (non-hydrogen) atoms. The Morgan fingerprint density at radius 2 is 2.00 bits per heavy atom. The van der Waals surface area contributed by atoms with Crippen LogP contribution in [0.1, 0.15) is 0 Å². The van der Waals surface area contributed by atoms with E-state index in [1.54, 1.807) is 0 Å². The molecular weight excluding hydrogens is 159 g/mol. The SMILES string of the molecule is F[C@@H]1CNC[C@@H]1N1CCOCC1. The van der Waals surface area contributed by atoms with Crippen molar-refractivity contribution < 1.29 is 9.13 Å². The van der Waals surface area contributed by atoms with Gasteiger partial charge in [0.2, 0.25) is 0 Å². The van der Waals surface area contributed by atoms with Crippen LogP contribution in [0.4, 0.5) is 4.39 Å². The molecule has 0 aromatic heterocycles. The van der Waals surface area contributed by atoms with Crippen molar-refractivity contribution in [2.45, 2.75) is 12.2 Å². The summed E-state index contributed by atoms with van der Waals surface area (Å²) in [5.74, 6) is 0. The lowest BCUT2D eigenvalue weighted by atomic mass is 10.2. The van der Waals surface area contributed by atoms with Crippen molar-refractivity contribution in [2.24, 2.45) is 0 Å². The molecule has 0 aliphatic carbocycles. The lowest BCUT2D eigenvalue weighted by Crippen LogP contribution is -2.47. The topological polar surface area (TPSA) is 24.5 Å². The Hall–Kier alpha value is -0.190. The first kappa shape index (κ1) is 8.41. The molecule has 2 aliphatic rings. The smallest absolute Gasteiger partial charge is 0.129 e. The van der Waals surface area contributed by atoms with Crippen LogP contribution < -0.4 is 5.32 Å². The molecule has 2 aliphatic heterocycles. The molecule has 0 unspecified atom stereocenters. The van der Waals surface area contributed by atoms with E-state index in [4.69, 9.17) is 4.74 Å². The Morgan fingerprint density at radius 1 is 1.25 bits per heavy atom. The van der Waals surface area contributed by atoms with Crippen molar-refractivity contribution in [3.05, 3.63) is 0 Å². The Labute approximate surface area is 71.9 Å². The molecular formula is C8H15FN2O. The minimum absolute atomic E-state index is 0.0916. The second kappa shape index (κ2) is 3.68. The molecule has 0 aromatic rings. The molecule has 0 spiro atoms. The van der Waals surface area contributed by atoms with Gasteiger partial charge in [-0.05, 0) is 0 Å². The van der Waals surface area contributed by atoms with E-state index < -0.39 is 6.17 Å². The lowest BCUT2D eigenvalue weighted by molar-refractivity contribution is 0.00768. The van der Waals surface area contributed by atoms with E-state index in [0.29, 0.717) is 6.54 Å². The molecule has 0 amide bonds. The van der Waals surface area contributed by atoms with E-state index in [9.17, 15) is 4.39 Å². The van der Waals surface area contributed by atoms with Gasteiger partial charge in [0.1, 0.15) is 6.17 Å². The van der Waals surface area contributed by atoms with Gasteiger partial charge in [-0.2, -0.15) is 0 Å². The van der Waals surface area contributed by atoms with Gasteiger partial charge in [0.25, 0.3) is 0 Å². The highest BCUT2D eigenvalue weighted by molar-refractivity contribution is 4.89. The zero-order valence-electron chi connectivity index (χ0n) is 7.13. The van der Waals surface area contributed by atoms with Crippen molar-refractivity contribution >= 4 is 0 Å². The summed E-state index contributed by atoms with van der Waals surface area (Å²) in [5, 5.41) is 3.06. The summed E-state index contributed by atoms with van der Waals surface area (Å²) >= 11 is 0. The van der Waals surface area contributed by atoms with Gasteiger partial charge in [0.15, 0.2) is 0 Å². The highest BCUT2D eigenvalue weighted by Crippen LogP contribution is 2.13. The summed E-state index contributed by atoms with van der Waals surface area (Å²) in [5.41, 5.74) is 0. The standard InChI is InChI=1S/C8H15FN2O/c9-7-5-10-6-8(7)11-1-3-12-4-2-11/h7-8,10H,1-6H2/t7-,8+/m1/s1. The number of alkyl halides is 1. The fourth-order valence-electron chi connectivity index (χ4n) is 1.90. The second-order valence-electron chi connectivity index (χ2n) is 3.39. The maximum Gasteiger partial charge on any atom is 0.129 e. The van der Waals surface area contributed by atoms with E-state index in [1.165, 1.54) is 0 Å². The molecule has 2 heterocycles. The largest absolute Gasteiger partial charge is 0.379 e. The number of nitrogens with zero attached hydrogens (tertiary/aromatic N) is 1. The summed E-state index contributed by atoms with van der Waals surface area (Å²) in [6.07, 6.45) is -0.692. The molecule has 1 N–H and O–H groups in total. The van der Waals surface area contributed by atoms with Crippen molar-refractivity contribution in [2.75, 3.05) is 39.4 Å². The van der Waals surface area contributed by atoms with Crippen LogP contribution in [-0.2, 0) is 4.74 Å². The summed E-state index contributed by atoms with van der Waals surface area (Å²) in [6.45, 7) is 4.58. The van der Waals surface area contributed by atoms with Gasteiger partial charge in [0, 0.05) is 26.2 Å². The number of morpholine rings is 1. The maximum atomic E-state index is 13.2. The minimum atomic E-state index is -0.692. The molecule has 3 nitrogen and oxygen atoms in total. The van der Waals surface area contributed by atoms with Crippen molar-refractivity contribution in [3.63, 3.8) is 0 Å². The number of ether oxygens (including phenoxy) is 1. The molecule has 4 heteroatoms. The van der Waals surface area contributed by atoms with Crippen LogP contribution in [0.5, 0.6) is 0 Å². The van der Waals surface area contributed by atoms with Gasteiger partial charge in [-0.3, -0.25) is 4.90 Å². The molecule has 2 fully saturated rings. The van der Waals surface area contributed by atoms with Crippen molar-refractivity contribution in [3.8, 4) is 0 Å². The van der Waals surface area contributed by atoms with Gasteiger partial charge >= 0.3 is 0 Å². The third-order valence-electron chi connectivity index (χ3n) is 2.63. The predicted octanol–water partition coefficient (Wildman–Crippen LogP) is -0.372. The van der Waals surface area contributed by atoms with Crippen LogP contribution >= 0.6 is 0 Å². The summed E-state index contributed by atoms with van der Waals surface area (Å²) in [7, 11) is 0. The molecule has 2 rings (SSSR count). The third kappa shape index (κ3) is 1.60. The fourth-order valence-corrected chi connectivity index (χ4v) is 1.90. The van der Waals surface area contributed by atoms with E-state index in [2.05, 4.69) is 10.2 Å². The van der Waals surface area contributed by atoms with E-state index in [1.807, 2.05) is 0 Å². The van der Waals surface area contributed by atoms with E-state index >= 15 is 0 Å². The monoisotopic (exact) mass is 174 g/mol. The molecule has 0 saturated carbocycles. The Kier molecular flexibility index (Phi) is 2.58. The van der Waals surface area contributed by atoms with Gasteiger partial charge in [-0.1, -0.05) is 0 Å². The van der Waals surface area contributed by atoms with Crippen LogP contribution in [0, 0.1) is 0 Å². The molecule has 0 aromatic carbocycles. The van der Waals surface area contributed by atoms with Gasteiger partial charge < -0.3 is 10.1 Å². The first-order valence-corrected chi connectivity index (χ1v) is 4.54. The van der Waals surface area contributed by atoms with Crippen molar-refractivity contribution in [1.82, 2.24) is 10.2 Å². The van der Waals surface area contributed by atoms with Crippen LogP contribution in [-0.4, -0.2) is 56.5 Å². The van der Waals surface area contributed by atoms with Crippen LogP contribution in [0.2, 0.25) is 0 Å². The van der Waals surface area contributed by atoms with Crippen LogP contribution in [0.3, 0.4) is 0 Å².